The maximum Gasteiger partial charge on any atom is 0.225 e. The lowest BCUT2D eigenvalue weighted by atomic mass is 9.94. The molecule has 6 heteroatoms. The number of benzene rings is 1. The highest BCUT2D eigenvalue weighted by atomic mass is 16.2. The lowest BCUT2D eigenvalue weighted by Gasteiger charge is -2.34. The van der Waals surface area contributed by atoms with Gasteiger partial charge in [-0.1, -0.05) is 32.0 Å². The van der Waals surface area contributed by atoms with E-state index in [-0.39, 0.29) is 23.7 Å². The molecule has 2 heterocycles. The van der Waals surface area contributed by atoms with Gasteiger partial charge in [-0.3, -0.25) is 9.59 Å². The Balaban J connectivity index is 1.65. The van der Waals surface area contributed by atoms with Crippen molar-refractivity contribution in [3.05, 3.63) is 47.3 Å². The number of hydrogen-bond donors (Lipinski definition) is 0. The van der Waals surface area contributed by atoms with E-state index in [1.54, 1.807) is 0 Å². The van der Waals surface area contributed by atoms with Crippen LogP contribution in [0, 0.1) is 25.7 Å². The fraction of sp³-hybridized carbons (Fsp3) is 0.522. The van der Waals surface area contributed by atoms with Crippen LogP contribution in [0.15, 0.2) is 30.3 Å². The summed E-state index contributed by atoms with van der Waals surface area (Å²) in [7, 11) is 1.87. The second kappa shape index (κ2) is 8.80. The molecule has 0 atom stereocenters. The molecule has 0 N–H and O–H groups in total. The number of amides is 2. The van der Waals surface area contributed by atoms with Crippen molar-refractivity contribution >= 4 is 11.8 Å². The number of carbonyl (C=O) groups excluding carboxylic acids is 2. The van der Waals surface area contributed by atoms with Gasteiger partial charge >= 0.3 is 0 Å². The van der Waals surface area contributed by atoms with Crippen molar-refractivity contribution in [2.45, 2.75) is 47.1 Å². The second-order valence-corrected chi connectivity index (χ2v) is 8.35. The summed E-state index contributed by atoms with van der Waals surface area (Å²) in [6.45, 7) is 9.79. The molecule has 1 fully saturated rings. The molecule has 1 aliphatic rings. The van der Waals surface area contributed by atoms with Crippen LogP contribution in [-0.4, -0.2) is 51.5 Å². The lowest BCUT2D eigenvalue weighted by Crippen LogP contribution is -2.44. The topological polar surface area (TPSA) is 58.4 Å². The molecule has 0 bridgehead atoms. The Kier molecular flexibility index (Phi) is 6.40. The minimum Gasteiger partial charge on any atom is -0.342 e. The quantitative estimate of drug-likeness (QED) is 0.779. The fourth-order valence-corrected chi connectivity index (χ4v) is 4.06. The number of piperidine rings is 1. The van der Waals surface area contributed by atoms with Crippen molar-refractivity contribution in [1.82, 2.24) is 19.6 Å². The largest absolute Gasteiger partial charge is 0.342 e. The van der Waals surface area contributed by atoms with Gasteiger partial charge in [0.2, 0.25) is 11.8 Å². The van der Waals surface area contributed by atoms with Gasteiger partial charge in [0.25, 0.3) is 0 Å². The molecular weight excluding hydrogens is 364 g/mol. The van der Waals surface area contributed by atoms with Crippen molar-refractivity contribution in [1.29, 1.82) is 0 Å². The maximum atomic E-state index is 13.0. The molecule has 0 spiro atoms. The fourth-order valence-electron chi connectivity index (χ4n) is 4.06. The number of rotatable bonds is 5. The Labute approximate surface area is 173 Å². The van der Waals surface area contributed by atoms with Gasteiger partial charge < -0.3 is 9.80 Å². The SMILES string of the molecule is Cc1nn(-c2ccccc2)c(C)c1CN(C)C(=O)C1CCN(C(=O)C(C)C)CC1. The van der Waals surface area contributed by atoms with Crippen molar-refractivity contribution in [3.63, 3.8) is 0 Å². The number of likely N-dealkylation sites (tertiary alicyclic amines) is 1. The number of aryl methyl sites for hydroxylation is 1. The third-order valence-corrected chi connectivity index (χ3v) is 5.86. The van der Waals surface area contributed by atoms with Crippen LogP contribution in [0.3, 0.4) is 0 Å². The molecule has 3 rings (SSSR count). The number of nitrogens with zero attached hydrogens (tertiary/aromatic N) is 4. The van der Waals surface area contributed by atoms with E-state index >= 15 is 0 Å². The average molecular weight is 397 g/mol. The van der Waals surface area contributed by atoms with Crippen LogP contribution in [0.1, 0.15) is 43.6 Å². The zero-order chi connectivity index (χ0) is 21.1. The molecule has 0 saturated carbocycles. The molecule has 0 radical (unpaired) electrons. The van der Waals surface area contributed by atoms with E-state index < -0.39 is 0 Å². The molecule has 6 nitrogen and oxygen atoms in total. The first-order valence-electron chi connectivity index (χ1n) is 10.4. The standard InChI is InChI=1S/C23H32N4O2/c1-16(2)22(28)26-13-11-19(12-14-26)23(29)25(5)15-21-17(3)24-27(18(21)4)20-9-7-6-8-10-20/h6-10,16,19H,11-15H2,1-5H3. The summed E-state index contributed by atoms with van der Waals surface area (Å²) in [6.07, 6.45) is 1.48. The van der Waals surface area contributed by atoms with Crippen LogP contribution in [0.25, 0.3) is 5.69 Å². The number of para-hydroxylation sites is 1. The second-order valence-electron chi connectivity index (χ2n) is 8.35. The Morgan fingerprint density at radius 2 is 1.76 bits per heavy atom. The van der Waals surface area contributed by atoms with E-state index in [2.05, 4.69) is 12.0 Å². The summed E-state index contributed by atoms with van der Waals surface area (Å²) in [5, 5.41) is 4.69. The average Bonchev–Trinajstić information content (AvgIpc) is 3.01. The first kappa shape index (κ1) is 21.1. The van der Waals surface area contributed by atoms with Gasteiger partial charge in [-0.2, -0.15) is 5.10 Å². The monoisotopic (exact) mass is 396 g/mol. The van der Waals surface area contributed by atoms with Gasteiger partial charge in [-0.05, 0) is 38.8 Å². The van der Waals surface area contributed by atoms with Crippen molar-refractivity contribution in [3.8, 4) is 5.69 Å². The summed E-state index contributed by atoms with van der Waals surface area (Å²) >= 11 is 0. The Morgan fingerprint density at radius 1 is 1.14 bits per heavy atom. The van der Waals surface area contributed by atoms with E-state index in [0.29, 0.717) is 19.6 Å². The lowest BCUT2D eigenvalue weighted by molar-refractivity contribution is -0.141. The Morgan fingerprint density at radius 3 is 2.34 bits per heavy atom. The van der Waals surface area contributed by atoms with Gasteiger partial charge in [0.15, 0.2) is 0 Å². The third-order valence-electron chi connectivity index (χ3n) is 5.86. The van der Waals surface area contributed by atoms with Gasteiger partial charge in [-0.25, -0.2) is 4.68 Å². The first-order chi connectivity index (χ1) is 13.8. The number of aromatic nitrogens is 2. The predicted octanol–water partition coefficient (Wildman–Crippen LogP) is 3.34. The molecule has 1 saturated heterocycles. The van der Waals surface area contributed by atoms with E-state index in [9.17, 15) is 9.59 Å². The molecule has 1 aromatic heterocycles. The van der Waals surface area contributed by atoms with Crippen LogP contribution in [0.5, 0.6) is 0 Å². The first-order valence-corrected chi connectivity index (χ1v) is 10.4. The van der Waals surface area contributed by atoms with Crippen LogP contribution in [0.2, 0.25) is 0 Å². The van der Waals surface area contributed by atoms with Gasteiger partial charge in [-0.15, -0.1) is 0 Å². The summed E-state index contributed by atoms with van der Waals surface area (Å²) in [4.78, 5) is 28.9. The molecule has 156 valence electrons. The van der Waals surface area contributed by atoms with Gasteiger partial charge in [0.1, 0.15) is 0 Å². The van der Waals surface area contributed by atoms with Gasteiger partial charge in [0, 0.05) is 49.8 Å². The predicted molar refractivity (Wildman–Crippen MR) is 114 cm³/mol. The number of hydrogen-bond acceptors (Lipinski definition) is 3. The molecule has 2 aromatic rings. The maximum absolute atomic E-state index is 13.0. The van der Waals surface area contributed by atoms with Crippen LogP contribution < -0.4 is 0 Å². The van der Waals surface area contributed by atoms with Gasteiger partial charge in [0.05, 0.1) is 11.4 Å². The summed E-state index contributed by atoms with van der Waals surface area (Å²) in [5.74, 6) is 0.342. The summed E-state index contributed by atoms with van der Waals surface area (Å²) in [5.41, 5.74) is 4.13. The van der Waals surface area contributed by atoms with Crippen LogP contribution >= 0.6 is 0 Å². The molecule has 1 aliphatic heterocycles. The van der Waals surface area contributed by atoms with Crippen molar-refractivity contribution < 1.29 is 9.59 Å². The number of carbonyl (C=O) groups is 2. The zero-order valence-electron chi connectivity index (χ0n) is 18.2. The minimum absolute atomic E-state index is 0.0111. The molecular formula is C23H32N4O2. The highest BCUT2D eigenvalue weighted by molar-refractivity contribution is 5.80. The molecule has 2 amide bonds. The van der Waals surface area contributed by atoms with Crippen molar-refractivity contribution in [2.75, 3.05) is 20.1 Å². The highest BCUT2D eigenvalue weighted by Crippen LogP contribution is 2.23. The zero-order valence-corrected chi connectivity index (χ0v) is 18.2. The molecule has 0 aliphatic carbocycles. The summed E-state index contributed by atoms with van der Waals surface area (Å²) in [6, 6.07) is 10.0. The van der Waals surface area contributed by atoms with Crippen LogP contribution in [0.4, 0.5) is 0 Å². The Hall–Kier alpha value is -2.63. The third kappa shape index (κ3) is 4.52. The highest BCUT2D eigenvalue weighted by Gasteiger charge is 2.30. The molecule has 29 heavy (non-hydrogen) atoms. The van der Waals surface area contributed by atoms with E-state index in [1.165, 1.54) is 0 Å². The van der Waals surface area contributed by atoms with Crippen LogP contribution in [-0.2, 0) is 16.1 Å². The summed E-state index contributed by atoms with van der Waals surface area (Å²) < 4.78 is 1.94. The Bertz CT molecular complexity index is 865. The molecule has 1 aromatic carbocycles. The normalized spacial score (nSPS) is 15.0. The minimum atomic E-state index is -0.0130. The molecule has 0 unspecified atom stereocenters. The van der Waals surface area contributed by atoms with E-state index in [0.717, 1.165) is 35.5 Å². The van der Waals surface area contributed by atoms with E-state index in [4.69, 9.17) is 0 Å². The smallest absolute Gasteiger partial charge is 0.225 e. The van der Waals surface area contributed by atoms with E-state index in [1.807, 2.05) is 72.6 Å². The van der Waals surface area contributed by atoms with Crippen molar-refractivity contribution in [2.24, 2.45) is 11.8 Å².